The Morgan fingerprint density at radius 1 is 0.493 bits per heavy atom. The summed E-state index contributed by atoms with van der Waals surface area (Å²) in [5.41, 5.74) is 8.11. The van der Waals surface area contributed by atoms with Gasteiger partial charge in [-0.2, -0.15) is 0 Å². The normalized spacial score (nSPS) is 49.2. The van der Waals surface area contributed by atoms with E-state index in [-0.39, 0.29) is 5.41 Å². The van der Waals surface area contributed by atoms with Gasteiger partial charge in [0, 0.05) is 0 Å². The van der Waals surface area contributed by atoms with E-state index in [2.05, 4.69) is 69.4 Å². The predicted octanol–water partition coefficient (Wildman–Crippen LogP) is 16.7. The van der Waals surface area contributed by atoms with E-state index >= 15 is 0 Å². The zero-order valence-electron chi connectivity index (χ0n) is 41.7. The maximum atomic E-state index is 7.82. The topological polar surface area (TPSA) is 0 Å². The van der Waals surface area contributed by atoms with Gasteiger partial charge in [-0.25, -0.2) is 0 Å². The van der Waals surface area contributed by atoms with Crippen LogP contribution < -0.4 is 0 Å². The number of halogens is 1. The molecule has 1 atom stereocenters. The molecule has 67 heavy (non-hydrogen) atoms. The Bertz CT molecular complexity index is 2170. The first-order chi connectivity index (χ1) is 32.3. The molecule has 0 saturated heterocycles. The molecule has 0 nitrogen and oxygen atoms in total. The molecule has 16 fully saturated rings. The summed E-state index contributed by atoms with van der Waals surface area (Å²) in [6.45, 7) is 7.49. The monoisotopic (exact) mass is 1050 g/mol. The Morgan fingerprint density at radius 2 is 0.851 bits per heavy atom. The van der Waals surface area contributed by atoms with Gasteiger partial charge in [-0.3, -0.25) is 0 Å². The first kappa shape index (κ1) is 43.7. The first-order valence-corrected chi connectivity index (χ1v) is 32.7. The summed E-state index contributed by atoms with van der Waals surface area (Å²) in [5.74, 6) is 12.6. The molecule has 0 amide bonds. The molecular formula is C64H82ClSe2+. The van der Waals surface area contributed by atoms with Crippen molar-refractivity contribution in [3.05, 3.63) is 87.6 Å². The minimum atomic E-state index is 0.227. The van der Waals surface area contributed by atoms with Crippen molar-refractivity contribution in [2.75, 3.05) is 0 Å². The zero-order chi connectivity index (χ0) is 44.7. The molecule has 356 valence electrons. The van der Waals surface area contributed by atoms with Crippen molar-refractivity contribution in [1.29, 1.82) is 0 Å². The third kappa shape index (κ3) is 7.41. The van der Waals surface area contributed by atoms with E-state index < -0.39 is 0 Å². The second-order valence-electron chi connectivity index (χ2n) is 29.5. The minimum absolute atomic E-state index is 0.227. The van der Waals surface area contributed by atoms with E-state index in [1.807, 2.05) is 17.8 Å². The van der Waals surface area contributed by atoms with Gasteiger partial charge in [-0.1, -0.05) is 0 Å². The van der Waals surface area contributed by atoms with Crippen LogP contribution in [0.1, 0.15) is 202 Å². The quantitative estimate of drug-likeness (QED) is 0.239. The van der Waals surface area contributed by atoms with Gasteiger partial charge in [-0.15, -0.1) is 0 Å². The van der Waals surface area contributed by atoms with E-state index in [1.165, 1.54) is 99.3 Å². The van der Waals surface area contributed by atoms with Gasteiger partial charge in [0.2, 0.25) is 0 Å². The van der Waals surface area contributed by atoms with Gasteiger partial charge in [0.15, 0.2) is 0 Å². The molecule has 0 aromatic carbocycles. The van der Waals surface area contributed by atoms with E-state index in [9.17, 15) is 0 Å². The third-order valence-electron chi connectivity index (χ3n) is 23.5. The van der Waals surface area contributed by atoms with Crippen LogP contribution in [-0.4, -0.2) is 29.5 Å². The van der Waals surface area contributed by atoms with Crippen molar-refractivity contribution in [2.45, 2.75) is 199 Å². The van der Waals surface area contributed by atoms with E-state index in [0.29, 0.717) is 57.0 Å². The van der Waals surface area contributed by atoms with Crippen molar-refractivity contribution < 1.29 is 0 Å². The Hall–Kier alpha value is -0.881. The fourth-order valence-corrected chi connectivity index (χ4v) is 29.0. The molecule has 19 rings (SSSR count). The molecule has 0 radical (unpaired) electrons. The fraction of sp³-hybridized carbons (Fsp3) is 0.734. The van der Waals surface area contributed by atoms with Crippen LogP contribution in [0.3, 0.4) is 0 Å². The van der Waals surface area contributed by atoms with Crippen LogP contribution in [0.2, 0.25) is 0 Å². The molecule has 3 heteroatoms. The molecule has 1 aromatic rings. The molecule has 1 aromatic heterocycles. The summed E-state index contributed by atoms with van der Waals surface area (Å²) in [7, 11) is 0. The van der Waals surface area contributed by atoms with Crippen molar-refractivity contribution in [3.63, 3.8) is 0 Å². The molecule has 17 aliphatic carbocycles. The Kier molecular flexibility index (Phi) is 10.2. The molecule has 1 aliphatic heterocycles. The number of hydrogen-bond donors (Lipinski definition) is 0. The van der Waals surface area contributed by atoms with Gasteiger partial charge < -0.3 is 0 Å². The second-order valence-corrected chi connectivity index (χ2v) is 34.5. The van der Waals surface area contributed by atoms with E-state index in [4.69, 9.17) is 11.6 Å². The maximum absolute atomic E-state index is 7.82. The van der Waals surface area contributed by atoms with Crippen LogP contribution in [0.5, 0.6) is 0 Å². The summed E-state index contributed by atoms with van der Waals surface area (Å²) in [6.07, 6.45) is 54.7. The number of rotatable bonds is 7. The van der Waals surface area contributed by atoms with Gasteiger partial charge >= 0.3 is 427 Å². The molecule has 0 spiro atoms. The Morgan fingerprint density at radius 3 is 1.21 bits per heavy atom. The average Bonchev–Trinajstić information content (AvgIpc) is 3.26. The summed E-state index contributed by atoms with van der Waals surface area (Å²) in [6, 6.07) is 5.61. The third-order valence-corrected chi connectivity index (χ3v) is 30.5. The van der Waals surface area contributed by atoms with Crippen molar-refractivity contribution in [3.8, 4) is 0 Å². The van der Waals surface area contributed by atoms with Gasteiger partial charge in [0.1, 0.15) is 0 Å². The molecule has 18 aliphatic rings. The summed E-state index contributed by atoms with van der Waals surface area (Å²) < 4.78 is 7.75. The van der Waals surface area contributed by atoms with Crippen LogP contribution in [0.4, 0.5) is 0 Å². The van der Waals surface area contributed by atoms with Crippen LogP contribution in [-0.2, 0) is 10.8 Å². The summed E-state index contributed by atoms with van der Waals surface area (Å²) in [5, 5.41) is 1.07. The van der Waals surface area contributed by atoms with Crippen LogP contribution in [0.15, 0.2) is 73.2 Å². The molecular weight excluding hydrogens is 962 g/mol. The summed E-state index contributed by atoms with van der Waals surface area (Å²) in [4.78, 5) is 0. The Balaban J connectivity index is 0.802. The molecule has 2 heterocycles. The summed E-state index contributed by atoms with van der Waals surface area (Å²) >= 11 is 8.86. The van der Waals surface area contributed by atoms with Crippen LogP contribution >= 0.6 is 11.6 Å². The van der Waals surface area contributed by atoms with Crippen LogP contribution in [0.25, 0.3) is 6.08 Å². The van der Waals surface area contributed by atoms with Gasteiger partial charge in [-0.05, 0) is 0 Å². The Labute approximate surface area is 423 Å². The zero-order valence-corrected chi connectivity index (χ0v) is 45.9. The van der Waals surface area contributed by atoms with E-state index in [1.54, 1.807) is 77.0 Å². The second kappa shape index (κ2) is 15.6. The van der Waals surface area contributed by atoms with Crippen molar-refractivity contribution >= 4 is 47.1 Å². The molecule has 0 N–H and O–H groups in total. The first-order valence-electron chi connectivity index (χ1n) is 28.9. The SMILES string of the molecule is CC(C)(C)C1CC(/C=C/c2cc(C34CC5CC(CC(C5)C3)C4)[se+]c(C34CC5CC(CC(C5)C3)C4)c2)=C(Cl)C(=C/C=C2C=C(C34CC5CC(CC(C5)C3)C4)[Se]C(C34CC5CC(CC(C5)C3)C4)=C2)/C1. The molecule has 16 bridgehead atoms. The average molecular weight is 1040 g/mol. The predicted molar refractivity (Wildman–Crippen MR) is 281 cm³/mol. The van der Waals surface area contributed by atoms with Gasteiger partial charge in [0.05, 0.1) is 0 Å². The van der Waals surface area contributed by atoms with E-state index in [0.717, 1.165) is 88.9 Å². The van der Waals surface area contributed by atoms with Crippen LogP contribution in [0, 0.1) is 93.2 Å². The van der Waals surface area contributed by atoms with Crippen molar-refractivity contribution in [1.82, 2.24) is 0 Å². The fourth-order valence-electron chi connectivity index (χ4n) is 22.2. The molecule has 1 unspecified atom stereocenters. The molecule has 16 saturated carbocycles. The number of hydrogen-bond acceptors (Lipinski definition) is 0. The van der Waals surface area contributed by atoms with Gasteiger partial charge in [0.25, 0.3) is 0 Å². The standard InChI is InChI=1S/C64H82ClSe2/c1-60(2,3)54-24-52(6-4-38-20-55(61-26-40-8-41(27-61)10-42(9-40)28-61)66-56(21-38)62-29-43-11-44(30-62)13-45(12-43)31-62)59(65)53(25-54)7-5-39-22-57(63-32-46-14-47(33-63)16-48(15-46)34-63)67-58(23-39)64-35-49-17-50(36-64)19-51(18-49)37-64/h4-7,20-23,40-51,54H,8-19,24-37H2,1-3H3/q+1. The number of allylic oxidation sites excluding steroid dienone is 11. The van der Waals surface area contributed by atoms with Crippen molar-refractivity contribution in [2.24, 2.45) is 93.2 Å².